The highest BCUT2D eigenvalue weighted by Crippen LogP contribution is 2.37. The molecule has 2 heterocycles. The second-order valence-electron chi connectivity index (χ2n) is 7.03. The summed E-state index contributed by atoms with van der Waals surface area (Å²) in [5, 5.41) is 9.51. The Morgan fingerprint density at radius 2 is 2.04 bits per heavy atom. The number of aromatic nitrogens is 1. The zero-order chi connectivity index (χ0) is 19.9. The van der Waals surface area contributed by atoms with Crippen LogP contribution in [0.2, 0.25) is 0 Å². The molecular formula is C22H27N3O3. The normalized spacial score (nSPS) is 19.5. The summed E-state index contributed by atoms with van der Waals surface area (Å²) >= 11 is 0. The van der Waals surface area contributed by atoms with Crippen LogP contribution in [0.5, 0.6) is 0 Å². The Morgan fingerprint density at radius 3 is 2.68 bits per heavy atom. The van der Waals surface area contributed by atoms with Gasteiger partial charge in [0.2, 0.25) is 11.8 Å². The van der Waals surface area contributed by atoms with Gasteiger partial charge in [-0.25, -0.2) is 0 Å². The molecule has 1 fully saturated rings. The molecule has 0 saturated carbocycles. The number of amides is 2. The summed E-state index contributed by atoms with van der Waals surface area (Å²) in [7, 11) is 0. The van der Waals surface area contributed by atoms with Gasteiger partial charge in [0.1, 0.15) is 0 Å². The van der Waals surface area contributed by atoms with Crippen LogP contribution in [0, 0.1) is 5.92 Å². The zero-order valence-electron chi connectivity index (χ0n) is 16.2. The van der Waals surface area contributed by atoms with Crippen molar-refractivity contribution in [2.75, 3.05) is 19.7 Å². The first kappa shape index (κ1) is 20.0. The van der Waals surface area contributed by atoms with Crippen molar-refractivity contribution in [3.8, 4) is 0 Å². The van der Waals surface area contributed by atoms with Gasteiger partial charge in [-0.3, -0.25) is 14.6 Å². The highest BCUT2D eigenvalue weighted by molar-refractivity contribution is 5.85. The number of nitrogens with zero attached hydrogens (tertiary/aromatic N) is 3. The summed E-state index contributed by atoms with van der Waals surface area (Å²) in [4.78, 5) is 33.6. The van der Waals surface area contributed by atoms with Crippen LogP contribution in [0.15, 0.2) is 54.9 Å². The lowest BCUT2D eigenvalue weighted by molar-refractivity contribution is -0.148. The van der Waals surface area contributed by atoms with Crippen molar-refractivity contribution in [3.63, 3.8) is 0 Å². The SMILES string of the molecule is CCN1C(=O)CC[C@@H](C(=O)N(CCO)Cc2cccnc2)[C@@H]1c1ccccc1. The van der Waals surface area contributed by atoms with Crippen LogP contribution in [-0.2, 0) is 16.1 Å². The summed E-state index contributed by atoms with van der Waals surface area (Å²) in [5.41, 5.74) is 1.89. The van der Waals surface area contributed by atoms with Crippen molar-refractivity contribution < 1.29 is 14.7 Å². The van der Waals surface area contributed by atoms with Crippen LogP contribution in [0.4, 0.5) is 0 Å². The molecular weight excluding hydrogens is 354 g/mol. The van der Waals surface area contributed by atoms with Gasteiger partial charge in [0, 0.05) is 38.4 Å². The molecule has 2 atom stereocenters. The summed E-state index contributed by atoms with van der Waals surface area (Å²) in [6, 6.07) is 13.2. The first-order chi connectivity index (χ1) is 13.7. The minimum Gasteiger partial charge on any atom is -0.395 e. The molecule has 3 rings (SSSR count). The fourth-order valence-electron chi connectivity index (χ4n) is 3.98. The quantitative estimate of drug-likeness (QED) is 0.799. The van der Waals surface area contributed by atoms with Crippen LogP contribution in [0.3, 0.4) is 0 Å². The fraction of sp³-hybridized carbons (Fsp3) is 0.409. The summed E-state index contributed by atoms with van der Waals surface area (Å²) in [5.74, 6) is -0.276. The van der Waals surface area contributed by atoms with Gasteiger partial charge in [-0.2, -0.15) is 0 Å². The zero-order valence-corrected chi connectivity index (χ0v) is 16.2. The van der Waals surface area contributed by atoms with E-state index in [4.69, 9.17) is 0 Å². The van der Waals surface area contributed by atoms with Crippen molar-refractivity contribution in [1.82, 2.24) is 14.8 Å². The maximum absolute atomic E-state index is 13.5. The molecule has 2 amide bonds. The molecule has 1 aromatic carbocycles. The molecule has 6 heteroatoms. The lowest BCUT2D eigenvalue weighted by Crippen LogP contribution is -2.49. The number of likely N-dealkylation sites (tertiary alicyclic amines) is 1. The van der Waals surface area contributed by atoms with E-state index < -0.39 is 0 Å². The Hall–Kier alpha value is -2.73. The van der Waals surface area contributed by atoms with E-state index in [2.05, 4.69) is 4.98 Å². The Kier molecular flexibility index (Phi) is 6.76. The molecule has 2 aromatic rings. The number of aliphatic hydroxyl groups excluding tert-OH is 1. The molecule has 0 radical (unpaired) electrons. The van der Waals surface area contributed by atoms with E-state index in [0.717, 1.165) is 11.1 Å². The minimum atomic E-state index is -0.330. The molecule has 0 unspecified atom stereocenters. The first-order valence-electron chi connectivity index (χ1n) is 9.78. The number of carbonyl (C=O) groups excluding carboxylic acids is 2. The number of pyridine rings is 1. The molecule has 1 aliphatic heterocycles. The molecule has 0 aliphatic carbocycles. The van der Waals surface area contributed by atoms with E-state index in [1.54, 1.807) is 17.3 Å². The van der Waals surface area contributed by atoms with Crippen molar-refractivity contribution in [2.45, 2.75) is 32.4 Å². The number of aliphatic hydroxyl groups is 1. The Bertz CT molecular complexity index is 782. The minimum absolute atomic E-state index is 0.0299. The maximum atomic E-state index is 13.5. The molecule has 0 bridgehead atoms. The van der Waals surface area contributed by atoms with Gasteiger partial charge in [0.25, 0.3) is 0 Å². The lowest BCUT2D eigenvalue weighted by Gasteiger charge is -2.42. The van der Waals surface area contributed by atoms with E-state index in [1.165, 1.54) is 0 Å². The van der Waals surface area contributed by atoms with E-state index in [1.807, 2.05) is 54.3 Å². The largest absolute Gasteiger partial charge is 0.395 e. The highest BCUT2D eigenvalue weighted by Gasteiger charge is 2.41. The average Bonchev–Trinajstić information content (AvgIpc) is 2.74. The van der Waals surface area contributed by atoms with Crippen molar-refractivity contribution in [3.05, 3.63) is 66.0 Å². The van der Waals surface area contributed by atoms with Gasteiger partial charge in [0.05, 0.1) is 18.6 Å². The fourth-order valence-corrected chi connectivity index (χ4v) is 3.98. The second kappa shape index (κ2) is 9.46. The molecule has 28 heavy (non-hydrogen) atoms. The standard InChI is InChI=1S/C22H27N3O3/c1-2-25-20(27)11-10-19(21(25)18-8-4-3-5-9-18)22(28)24(13-14-26)16-17-7-6-12-23-15-17/h3-9,12,15,19,21,26H,2,10-11,13-14,16H2,1H3/t19-,21+/m1/s1. The Balaban J connectivity index is 1.90. The van der Waals surface area contributed by atoms with E-state index in [9.17, 15) is 14.7 Å². The first-order valence-corrected chi connectivity index (χ1v) is 9.78. The molecule has 6 nitrogen and oxygen atoms in total. The van der Waals surface area contributed by atoms with Crippen LogP contribution in [-0.4, -0.2) is 51.4 Å². The number of rotatable bonds is 7. The summed E-state index contributed by atoms with van der Waals surface area (Å²) in [6.45, 7) is 3.05. The van der Waals surface area contributed by atoms with Gasteiger partial charge in [0.15, 0.2) is 0 Å². The van der Waals surface area contributed by atoms with Crippen molar-refractivity contribution in [1.29, 1.82) is 0 Å². The van der Waals surface area contributed by atoms with Crippen LogP contribution < -0.4 is 0 Å². The number of carbonyl (C=O) groups is 2. The smallest absolute Gasteiger partial charge is 0.228 e. The Labute approximate surface area is 165 Å². The molecule has 1 aromatic heterocycles. The molecule has 0 spiro atoms. The maximum Gasteiger partial charge on any atom is 0.228 e. The third-order valence-corrected chi connectivity index (χ3v) is 5.28. The van der Waals surface area contributed by atoms with E-state index >= 15 is 0 Å². The molecule has 1 saturated heterocycles. The topological polar surface area (TPSA) is 73.7 Å². The van der Waals surface area contributed by atoms with E-state index in [-0.39, 0.29) is 36.9 Å². The molecule has 148 valence electrons. The third-order valence-electron chi connectivity index (χ3n) is 5.28. The number of hydrogen-bond acceptors (Lipinski definition) is 4. The number of benzene rings is 1. The second-order valence-corrected chi connectivity index (χ2v) is 7.03. The predicted octanol–water partition coefficient (Wildman–Crippen LogP) is 2.40. The molecule has 1 N–H and O–H groups in total. The van der Waals surface area contributed by atoms with Crippen molar-refractivity contribution in [2.24, 2.45) is 5.92 Å². The summed E-state index contributed by atoms with van der Waals surface area (Å²) < 4.78 is 0. The van der Waals surface area contributed by atoms with E-state index in [0.29, 0.717) is 25.9 Å². The Morgan fingerprint density at radius 1 is 1.25 bits per heavy atom. The third kappa shape index (κ3) is 4.39. The molecule has 1 aliphatic rings. The van der Waals surface area contributed by atoms with Gasteiger partial charge < -0.3 is 14.9 Å². The predicted molar refractivity (Wildman–Crippen MR) is 106 cm³/mol. The van der Waals surface area contributed by atoms with Crippen molar-refractivity contribution >= 4 is 11.8 Å². The van der Waals surface area contributed by atoms with Crippen LogP contribution in [0.1, 0.15) is 36.9 Å². The van der Waals surface area contributed by atoms with Gasteiger partial charge >= 0.3 is 0 Å². The highest BCUT2D eigenvalue weighted by atomic mass is 16.3. The summed E-state index contributed by atoms with van der Waals surface area (Å²) in [6.07, 6.45) is 4.31. The van der Waals surface area contributed by atoms with Gasteiger partial charge in [-0.1, -0.05) is 36.4 Å². The number of piperidine rings is 1. The van der Waals surface area contributed by atoms with Crippen LogP contribution >= 0.6 is 0 Å². The lowest BCUT2D eigenvalue weighted by atomic mass is 9.83. The van der Waals surface area contributed by atoms with Gasteiger partial charge in [-0.05, 0) is 30.5 Å². The average molecular weight is 381 g/mol. The monoisotopic (exact) mass is 381 g/mol. The van der Waals surface area contributed by atoms with Gasteiger partial charge in [-0.15, -0.1) is 0 Å². The van der Waals surface area contributed by atoms with Crippen LogP contribution in [0.25, 0.3) is 0 Å². The number of hydrogen-bond donors (Lipinski definition) is 1.